The Morgan fingerprint density at radius 3 is 2.94 bits per heavy atom. The third-order valence-electron chi connectivity index (χ3n) is 2.99. The van der Waals surface area contributed by atoms with Crippen molar-refractivity contribution in [3.8, 4) is 0 Å². The number of rotatable bonds is 7. The zero-order valence-corrected chi connectivity index (χ0v) is 10.3. The molecule has 3 N–H and O–H groups in total. The van der Waals surface area contributed by atoms with E-state index in [4.69, 9.17) is 5.11 Å². The van der Waals surface area contributed by atoms with Gasteiger partial charge in [0.15, 0.2) is 0 Å². The summed E-state index contributed by atoms with van der Waals surface area (Å²) in [7, 11) is 0. The summed E-state index contributed by atoms with van der Waals surface area (Å²) in [4.78, 5) is 13.6. The average molecular weight is 246 g/mol. The lowest BCUT2D eigenvalue weighted by molar-refractivity contribution is -0.137. The van der Waals surface area contributed by atoms with E-state index in [0.717, 1.165) is 19.5 Å². The van der Waals surface area contributed by atoms with Crippen molar-refractivity contribution in [1.82, 2.24) is 10.3 Å². The molecule has 4 nitrogen and oxygen atoms in total. The molecule has 2 aromatic rings. The summed E-state index contributed by atoms with van der Waals surface area (Å²) in [6, 6.07) is 8.25. The van der Waals surface area contributed by atoms with Crippen LogP contribution in [0.5, 0.6) is 0 Å². The highest BCUT2D eigenvalue weighted by Gasteiger charge is 2.02. The Labute approximate surface area is 106 Å². The topological polar surface area (TPSA) is 65.1 Å². The van der Waals surface area contributed by atoms with Gasteiger partial charge >= 0.3 is 5.97 Å². The monoisotopic (exact) mass is 246 g/mol. The SMILES string of the molecule is O=C(O)CCCNCCc1c[nH]c2ccccc12. The summed E-state index contributed by atoms with van der Waals surface area (Å²) in [5.74, 6) is -0.728. The minimum atomic E-state index is -0.728. The van der Waals surface area contributed by atoms with Gasteiger partial charge in [-0.15, -0.1) is 0 Å². The third-order valence-corrected chi connectivity index (χ3v) is 2.99. The fourth-order valence-corrected chi connectivity index (χ4v) is 2.05. The predicted molar refractivity (Wildman–Crippen MR) is 71.7 cm³/mol. The fraction of sp³-hybridized carbons (Fsp3) is 0.357. The number of aromatic nitrogens is 1. The second-order valence-corrected chi connectivity index (χ2v) is 4.36. The predicted octanol–water partition coefficient (Wildman–Crippen LogP) is 2.16. The fourth-order valence-electron chi connectivity index (χ4n) is 2.05. The van der Waals surface area contributed by atoms with Crippen LogP contribution in [0.4, 0.5) is 0 Å². The van der Waals surface area contributed by atoms with Gasteiger partial charge in [0.05, 0.1) is 0 Å². The molecule has 96 valence electrons. The van der Waals surface area contributed by atoms with Crippen molar-refractivity contribution in [2.75, 3.05) is 13.1 Å². The highest BCUT2D eigenvalue weighted by Crippen LogP contribution is 2.17. The summed E-state index contributed by atoms with van der Waals surface area (Å²) in [5, 5.41) is 13.0. The number of H-pyrrole nitrogens is 1. The van der Waals surface area contributed by atoms with E-state index < -0.39 is 5.97 Å². The molecule has 1 aromatic carbocycles. The Kier molecular flexibility index (Phi) is 4.36. The number of carbonyl (C=O) groups is 1. The molecule has 18 heavy (non-hydrogen) atoms. The van der Waals surface area contributed by atoms with Crippen LogP contribution in [-0.4, -0.2) is 29.1 Å². The molecule has 1 aromatic heterocycles. The van der Waals surface area contributed by atoms with Crippen molar-refractivity contribution in [3.63, 3.8) is 0 Å². The second-order valence-electron chi connectivity index (χ2n) is 4.36. The highest BCUT2D eigenvalue weighted by atomic mass is 16.4. The Bertz CT molecular complexity index is 519. The minimum absolute atomic E-state index is 0.236. The van der Waals surface area contributed by atoms with Crippen LogP contribution in [-0.2, 0) is 11.2 Å². The molecule has 0 aliphatic heterocycles. The lowest BCUT2D eigenvalue weighted by Crippen LogP contribution is -2.19. The van der Waals surface area contributed by atoms with E-state index in [0.29, 0.717) is 6.42 Å². The van der Waals surface area contributed by atoms with Crippen LogP contribution < -0.4 is 5.32 Å². The number of carboxylic acid groups (broad SMARTS) is 1. The number of carboxylic acids is 1. The largest absolute Gasteiger partial charge is 0.481 e. The molecule has 0 radical (unpaired) electrons. The Morgan fingerprint density at radius 2 is 2.11 bits per heavy atom. The van der Waals surface area contributed by atoms with Gasteiger partial charge in [-0.3, -0.25) is 4.79 Å². The van der Waals surface area contributed by atoms with Gasteiger partial charge in [-0.1, -0.05) is 18.2 Å². The van der Waals surface area contributed by atoms with Gasteiger partial charge in [-0.05, 0) is 37.6 Å². The molecule has 0 amide bonds. The summed E-state index contributed by atoms with van der Waals surface area (Å²) in [6.45, 7) is 1.64. The smallest absolute Gasteiger partial charge is 0.303 e. The van der Waals surface area contributed by atoms with Crippen LogP contribution in [0.25, 0.3) is 10.9 Å². The number of aliphatic carboxylic acids is 1. The maximum absolute atomic E-state index is 10.3. The van der Waals surface area contributed by atoms with Crippen molar-refractivity contribution in [2.24, 2.45) is 0 Å². The van der Waals surface area contributed by atoms with Crippen molar-refractivity contribution in [3.05, 3.63) is 36.0 Å². The normalized spacial score (nSPS) is 10.9. The Morgan fingerprint density at radius 1 is 1.28 bits per heavy atom. The molecule has 0 spiro atoms. The molecular formula is C14H18N2O2. The molecule has 1 heterocycles. The number of hydrogen-bond donors (Lipinski definition) is 3. The zero-order chi connectivity index (χ0) is 12.8. The van der Waals surface area contributed by atoms with Crippen LogP contribution in [0.3, 0.4) is 0 Å². The van der Waals surface area contributed by atoms with Gasteiger partial charge in [0.25, 0.3) is 0 Å². The Balaban J connectivity index is 1.75. The molecule has 0 fully saturated rings. The first-order valence-corrected chi connectivity index (χ1v) is 6.25. The van der Waals surface area contributed by atoms with E-state index >= 15 is 0 Å². The molecule has 0 aliphatic carbocycles. The maximum atomic E-state index is 10.3. The van der Waals surface area contributed by atoms with Crippen LogP contribution in [0, 0.1) is 0 Å². The van der Waals surface area contributed by atoms with Crippen molar-refractivity contribution < 1.29 is 9.90 Å². The van der Waals surface area contributed by atoms with Gasteiger partial charge in [-0.25, -0.2) is 0 Å². The maximum Gasteiger partial charge on any atom is 0.303 e. The van der Waals surface area contributed by atoms with Crippen molar-refractivity contribution >= 4 is 16.9 Å². The van der Waals surface area contributed by atoms with Crippen molar-refractivity contribution in [2.45, 2.75) is 19.3 Å². The number of hydrogen-bond acceptors (Lipinski definition) is 2. The first kappa shape index (κ1) is 12.6. The average Bonchev–Trinajstić information content (AvgIpc) is 2.77. The highest BCUT2D eigenvalue weighted by molar-refractivity contribution is 5.83. The Hall–Kier alpha value is -1.81. The molecule has 0 unspecified atom stereocenters. The van der Waals surface area contributed by atoms with Gasteiger partial charge in [0, 0.05) is 23.5 Å². The summed E-state index contributed by atoms with van der Waals surface area (Å²) < 4.78 is 0. The molecule has 2 rings (SSSR count). The number of aromatic amines is 1. The first-order chi connectivity index (χ1) is 8.77. The van der Waals surface area contributed by atoms with E-state index in [-0.39, 0.29) is 6.42 Å². The van der Waals surface area contributed by atoms with Gasteiger partial charge in [0.1, 0.15) is 0 Å². The van der Waals surface area contributed by atoms with Gasteiger partial charge in [-0.2, -0.15) is 0 Å². The number of fused-ring (bicyclic) bond motifs is 1. The van der Waals surface area contributed by atoms with E-state index in [9.17, 15) is 4.79 Å². The molecular weight excluding hydrogens is 228 g/mol. The quantitative estimate of drug-likeness (QED) is 0.656. The second kappa shape index (κ2) is 6.21. The molecule has 0 bridgehead atoms. The lowest BCUT2D eigenvalue weighted by Gasteiger charge is -2.03. The van der Waals surface area contributed by atoms with E-state index in [1.54, 1.807) is 0 Å². The van der Waals surface area contributed by atoms with Crippen LogP contribution in [0.2, 0.25) is 0 Å². The number of para-hydroxylation sites is 1. The molecule has 0 atom stereocenters. The summed E-state index contributed by atoms with van der Waals surface area (Å²) in [6.07, 6.45) is 3.92. The molecule has 0 aliphatic rings. The lowest BCUT2D eigenvalue weighted by atomic mass is 10.1. The van der Waals surface area contributed by atoms with E-state index in [1.165, 1.54) is 16.5 Å². The minimum Gasteiger partial charge on any atom is -0.481 e. The van der Waals surface area contributed by atoms with Crippen LogP contribution in [0.15, 0.2) is 30.5 Å². The van der Waals surface area contributed by atoms with Crippen LogP contribution >= 0.6 is 0 Å². The first-order valence-electron chi connectivity index (χ1n) is 6.25. The standard InChI is InChI=1S/C14H18N2O2/c17-14(18)6-3-8-15-9-7-11-10-16-13-5-2-1-4-12(11)13/h1-2,4-5,10,15-16H,3,6-9H2,(H,17,18). The molecule has 0 saturated heterocycles. The third kappa shape index (κ3) is 3.34. The molecule has 0 saturated carbocycles. The van der Waals surface area contributed by atoms with Gasteiger partial charge < -0.3 is 15.4 Å². The summed E-state index contributed by atoms with van der Waals surface area (Å²) in [5.41, 5.74) is 2.47. The number of nitrogens with one attached hydrogen (secondary N) is 2. The van der Waals surface area contributed by atoms with Gasteiger partial charge in [0.2, 0.25) is 0 Å². The summed E-state index contributed by atoms with van der Waals surface area (Å²) >= 11 is 0. The van der Waals surface area contributed by atoms with E-state index in [1.807, 2.05) is 18.3 Å². The van der Waals surface area contributed by atoms with E-state index in [2.05, 4.69) is 22.4 Å². The number of benzene rings is 1. The van der Waals surface area contributed by atoms with Crippen molar-refractivity contribution in [1.29, 1.82) is 0 Å². The zero-order valence-electron chi connectivity index (χ0n) is 10.3. The van der Waals surface area contributed by atoms with Crippen LogP contribution in [0.1, 0.15) is 18.4 Å². The molecule has 4 heteroatoms.